The number of urea groups is 1. The Bertz CT molecular complexity index is 1390. The predicted octanol–water partition coefficient (Wildman–Crippen LogP) is 3.19. The summed E-state index contributed by atoms with van der Waals surface area (Å²) in [6.07, 6.45) is 0.910. The van der Waals surface area contributed by atoms with Gasteiger partial charge in [-0.2, -0.15) is 9.97 Å². The molecule has 6 rings (SSSR count). The van der Waals surface area contributed by atoms with Crippen LogP contribution in [0.15, 0.2) is 30.3 Å². The summed E-state index contributed by atoms with van der Waals surface area (Å²) < 4.78 is 40.6. The second-order valence-corrected chi connectivity index (χ2v) is 11.6. The van der Waals surface area contributed by atoms with Crippen LogP contribution in [0.25, 0.3) is 16.9 Å². The summed E-state index contributed by atoms with van der Waals surface area (Å²) in [5.41, 5.74) is 1.05. The first kappa shape index (κ1) is 30.4. The zero-order valence-corrected chi connectivity index (χ0v) is 24.9. The van der Waals surface area contributed by atoms with Crippen molar-refractivity contribution in [3.63, 3.8) is 0 Å². The van der Waals surface area contributed by atoms with Crippen molar-refractivity contribution >= 4 is 28.8 Å². The number of halogens is 2. The summed E-state index contributed by atoms with van der Waals surface area (Å²) in [5, 5.41) is 9.50. The maximum atomic E-state index is 14.1. The van der Waals surface area contributed by atoms with Crippen molar-refractivity contribution in [3.8, 4) is 5.82 Å². The van der Waals surface area contributed by atoms with E-state index in [1.165, 1.54) is 4.57 Å². The van der Waals surface area contributed by atoms with Gasteiger partial charge in [0.25, 0.3) is 6.43 Å². The number of carbonyl (C=O) groups is 1. The van der Waals surface area contributed by atoms with E-state index in [2.05, 4.69) is 30.7 Å². The van der Waals surface area contributed by atoms with Gasteiger partial charge in [0, 0.05) is 57.9 Å². The van der Waals surface area contributed by atoms with E-state index in [0.29, 0.717) is 73.9 Å². The number of ether oxygens (including phenoxy) is 2. The molecule has 0 atom stereocenters. The van der Waals surface area contributed by atoms with Gasteiger partial charge < -0.3 is 30.3 Å². The molecule has 0 unspecified atom stereocenters. The maximum Gasteiger partial charge on any atom is 0.315 e. The molecule has 1 saturated carbocycles. The first-order valence-electron chi connectivity index (χ1n) is 15.6. The summed E-state index contributed by atoms with van der Waals surface area (Å²) in [5.74, 6) is 1.43. The Morgan fingerprint density at radius 2 is 1.64 bits per heavy atom. The number of amides is 2. The lowest BCUT2D eigenvalue weighted by Gasteiger charge is -2.30. The molecule has 2 saturated heterocycles. The number of hydrogen-bond acceptors (Lipinski definition) is 9. The Morgan fingerprint density at radius 3 is 2.39 bits per heavy atom. The molecule has 14 heteroatoms. The largest absolute Gasteiger partial charge is 0.379 e. The molecule has 0 bridgehead atoms. The molecule has 12 nitrogen and oxygen atoms in total. The van der Waals surface area contributed by atoms with Crippen molar-refractivity contribution in [2.24, 2.45) is 5.92 Å². The van der Waals surface area contributed by atoms with Gasteiger partial charge in [-0.05, 0) is 43.7 Å². The van der Waals surface area contributed by atoms with Crippen LogP contribution in [-0.4, -0.2) is 109 Å². The summed E-state index contributed by atoms with van der Waals surface area (Å²) in [6.45, 7) is 7.85. The van der Waals surface area contributed by atoms with E-state index in [4.69, 9.17) is 19.4 Å². The average Bonchev–Trinajstić information content (AvgIpc) is 3.46. The Hall–Kier alpha value is -3.62. The fourth-order valence-electron chi connectivity index (χ4n) is 6.14. The van der Waals surface area contributed by atoms with Gasteiger partial charge in [-0.1, -0.05) is 12.1 Å². The van der Waals surface area contributed by atoms with E-state index in [1.807, 2.05) is 0 Å². The maximum absolute atomic E-state index is 14.1. The molecule has 3 N–H and O–H groups in total. The third kappa shape index (κ3) is 7.53. The number of hydrogen-bond donors (Lipinski definition) is 3. The monoisotopic (exact) mass is 613 g/mol. The van der Waals surface area contributed by atoms with Crippen molar-refractivity contribution in [1.82, 2.24) is 35.1 Å². The third-order valence-electron chi connectivity index (χ3n) is 8.59. The Labute approximate surface area is 255 Å². The van der Waals surface area contributed by atoms with Crippen LogP contribution < -0.4 is 20.9 Å². The fraction of sp³-hybridized carbons (Fsp3) is 0.600. The molecule has 2 aliphatic heterocycles. The van der Waals surface area contributed by atoms with Gasteiger partial charge in [-0.3, -0.25) is 9.47 Å². The van der Waals surface area contributed by atoms with Crippen LogP contribution in [0.2, 0.25) is 0 Å². The first-order valence-corrected chi connectivity index (χ1v) is 15.6. The average molecular weight is 614 g/mol. The van der Waals surface area contributed by atoms with Crippen LogP contribution in [0.5, 0.6) is 0 Å². The molecule has 3 aromatic rings. The highest BCUT2D eigenvalue weighted by atomic mass is 19.3. The molecule has 0 spiro atoms. The number of carbonyl (C=O) groups excluding carboxylic acids is 1. The number of alkyl halides is 2. The van der Waals surface area contributed by atoms with Gasteiger partial charge >= 0.3 is 6.03 Å². The number of para-hydroxylation sites is 2. The molecule has 0 radical (unpaired) electrons. The molecular formula is C30H41F2N9O3. The molecule has 4 heterocycles. The quantitative estimate of drug-likeness (QED) is 0.317. The second-order valence-electron chi connectivity index (χ2n) is 11.6. The van der Waals surface area contributed by atoms with E-state index >= 15 is 0 Å². The van der Waals surface area contributed by atoms with Gasteiger partial charge in [0.15, 0.2) is 5.82 Å². The minimum Gasteiger partial charge on any atom is -0.379 e. The minimum atomic E-state index is -2.77. The van der Waals surface area contributed by atoms with E-state index in [1.54, 1.807) is 30.3 Å². The summed E-state index contributed by atoms with van der Waals surface area (Å²) >= 11 is 0. The minimum absolute atomic E-state index is 0.115. The summed E-state index contributed by atoms with van der Waals surface area (Å²) in [6, 6.07) is 8.86. The number of aromatic nitrogens is 4. The summed E-state index contributed by atoms with van der Waals surface area (Å²) in [7, 11) is 0. The number of morpholine rings is 2. The molecule has 44 heavy (non-hydrogen) atoms. The zero-order valence-electron chi connectivity index (χ0n) is 24.9. The number of nitrogens with zero attached hydrogens (tertiary/aromatic N) is 6. The molecule has 3 fully saturated rings. The number of benzene rings is 1. The number of rotatable bonds is 10. The third-order valence-corrected chi connectivity index (χ3v) is 8.59. The number of fused-ring (bicyclic) bond motifs is 1. The predicted molar refractivity (Wildman–Crippen MR) is 163 cm³/mol. The number of nitrogens with one attached hydrogen (secondary N) is 3. The normalized spacial score (nSPS) is 21.5. The highest BCUT2D eigenvalue weighted by Gasteiger charge is 2.25. The van der Waals surface area contributed by atoms with E-state index < -0.39 is 6.43 Å². The topological polar surface area (TPSA) is 122 Å². The summed E-state index contributed by atoms with van der Waals surface area (Å²) in [4.78, 5) is 30.5. The lowest BCUT2D eigenvalue weighted by molar-refractivity contribution is 0.0387. The van der Waals surface area contributed by atoms with Crippen molar-refractivity contribution in [2.75, 3.05) is 82.5 Å². The van der Waals surface area contributed by atoms with Crippen molar-refractivity contribution < 1.29 is 23.0 Å². The molecule has 1 aliphatic carbocycles. The fourth-order valence-corrected chi connectivity index (χ4v) is 6.14. The van der Waals surface area contributed by atoms with Crippen LogP contribution in [0.4, 0.5) is 25.3 Å². The Morgan fingerprint density at radius 1 is 0.932 bits per heavy atom. The van der Waals surface area contributed by atoms with Gasteiger partial charge in [-0.15, -0.1) is 0 Å². The van der Waals surface area contributed by atoms with Crippen molar-refractivity contribution in [1.29, 1.82) is 0 Å². The molecule has 238 valence electrons. The van der Waals surface area contributed by atoms with Crippen LogP contribution in [0, 0.1) is 5.92 Å². The Kier molecular flexibility index (Phi) is 9.98. The van der Waals surface area contributed by atoms with Crippen LogP contribution in [0.1, 0.15) is 37.9 Å². The highest BCUT2D eigenvalue weighted by molar-refractivity contribution is 5.78. The smallest absolute Gasteiger partial charge is 0.315 e. The molecule has 1 aromatic carbocycles. The SMILES string of the molecule is O=C(NCCN1CCOCC1)NC1CCC(CNc2nc(N3CCOCC3)cc(-n3c(C(F)F)nc4ccccc43)n2)CC1. The van der Waals surface area contributed by atoms with Crippen LogP contribution in [-0.2, 0) is 9.47 Å². The number of anilines is 2. The first-order chi connectivity index (χ1) is 21.5. The molecule has 3 aliphatic rings. The van der Waals surface area contributed by atoms with Gasteiger partial charge in [0.1, 0.15) is 11.6 Å². The van der Waals surface area contributed by atoms with Crippen molar-refractivity contribution in [2.45, 2.75) is 38.2 Å². The lowest BCUT2D eigenvalue weighted by atomic mass is 9.86. The van der Waals surface area contributed by atoms with Crippen LogP contribution in [0.3, 0.4) is 0 Å². The lowest BCUT2D eigenvalue weighted by Crippen LogP contribution is -2.47. The Balaban J connectivity index is 1.08. The highest BCUT2D eigenvalue weighted by Crippen LogP contribution is 2.30. The van der Waals surface area contributed by atoms with Gasteiger partial charge in [0.05, 0.1) is 37.5 Å². The van der Waals surface area contributed by atoms with E-state index in [9.17, 15) is 13.6 Å². The standard InChI is InChI=1S/C30H41F2N9O3/c31-27(32)28-36-23-3-1-2-4-24(23)41(28)26-19-25(40-13-17-44-18-14-40)37-29(38-26)34-20-21-5-7-22(8-6-21)35-30(42)33-9-10-39-11-15-43-16-12-39/h1-4,19,21-22,27H,5-18,20H2,(H2,33,35,42)(H,34,37,38). The van der Waals surface area contributed by atoms with Gasteiger partial charge in [-0.25, -0.2) is 18.6 Å². The van der Waals surface area contributed by atoms with E-state index in [-0.39, 0.29) is 17.9 Å². The number of imidazole rings is 1. The van der Waals surface area contributed by atoms with Gasteiger partial charge in [0.2, 0.25) is 5.95 Å². The zero-order chi connectivity index (χ0) is 30.3. The van der Waals surface area contributed by atoms with Crippen LogP contribution >= 0.6 is 0 Å². The molecular weight excluding hydrogens is 572 g/mol. The van der Waals surface area contributed by atoms with E-state index in [0.717, 1.165) is 58.5 Å². The molecule has 2 amide bonds. The second kappa shape index (κ2) is 14.4. The molecule has 2 aromatic heterocycles. The van der Waals surface area contributed by atoms with Crippen molar-refractivity contribution in [3.05, 3.63) is 36.2 Å².